The molecule has 0 bridgehead atoms. The zero-order valence-electron chi connectivity index (χ0n) is 12.6. The zero-order chi connectivity index (χ0) is 15.2. The molecular formula is C12H23IN4O2S2. The highest BCUT2D eigenvalue weighted by Crippen LogP contribution is 2.05. The number of sulfonamides is 1. The van der Waals surface area contributed by atoms with Gasteiger partial charge >= 0.3 is 0 Å². The van der Waals surface area contributed by atoms with E-state index in [1.165, 1.54) is 5.56 Å². The van der Waals surface area contributed by atoms with Crippen molar-refractivity contribution in [2.24, 2.45) is 4.99 Å². The van der Waals surface area contributed by atoms with Crippen LogP contribution in [0, 0.1) is 0 Å². The minimum atomic E-state index is -3.23. The van der Waals surface area contributed by atoms with Gasteiger partial charge < -0.3 is 10.6 Å². The van der Waals surface area contributed by atoms with Crippen LogP contribution in [0.5, 0.6) is 0 Å². The fourth-order valence-corrected chi connectivity index (χ4v) is 3.39. The summed E-state index contributed by atoms with van der Waals surface area (Å²) in [5, 5.41) is 10.4. The molecule has 0 atom stereocenters. The number of aliphatic imine (C=N–C) groups is 1. The maximum Gasteiger partial charge on any atom is 0.209 e. The first-order valence-electron chi connectivity index (χ1n) is 6.16. The average molecular weight is 446 g/mol. The molecule has 9 heteroatoms. The van der Waals surface area contributed by atoms with E-state index in [4.69, 9.17) is 0 Å². The molecule has 0 unspecified atom stereocenters. The summed E-state index contributed by atoms with van der Waals surface area (Å²) in [6.07, 6.45) is 1.15. The Kier molecular flexibility index (Phi) is 8.74. The number of nitrogens with one attached hydrogen (secondary N) is 3. The molecule has 0 aromatic carbocycles. The Morgan fingerprint density at radius 2 is 2.05 bits per heavy atom. The Labute approximate surface area is 147 Å². The summed E-state index contributed by atoms with van der Waals surface area (Å²) >= 11 is 1.65. The molecule has 0 aliphatic heterocycles. The van der Waals surface area contributed by atoms with Crippen molar-refractivity contribution < 1.29 is 8.42 Å². The third kappa shape index (κ3) is 9.27. The van der Waals surface area contributed by atoms with Crippen LogP contribution in [0.15, 0.2) is 21.8 Å². The van der Waals surface area contributed by atoms with E-state index < -0.39 is 15.6 Å². The smallest absolute Gasteiger partial charge is 0.209 e. The van der Waals surface area contributed by atoms with Crippen LogP contribution in [0.4, 0.5) is 0 Å². The second-order valence-corrected chi connectivity index (χ2v) is 7.70. The molecule has 0 aliphatic carbocycles. The van der Waals surface area contributed by atoms with Gasteiger partial charge in [-0.25, -0.2) is 13.1 Å². The van der Waals surface area contributed by atoms with E-state index in [-0.39, 0.29) is 24.0 Å². The lowest BCUT2D eigenvalue weighted by Gasteiger charge is -2.26. The topological polar surface area (TPSA) is 82.6 Å². The molecule has 122 valence electrons. The van der Waals surface area contributed by atoms with Gasteiger partial charge in [-0.2, -0.15) is 11.3 Å². The molecule has 6 nitrogen and oxygen atoms in total. The summed E-state index contributed by atoms with van der Waals surface area (Å²) in [6, 6.07) is 2.04. The van der Waals surface area contributed by atoms with E-state index in [9.17, 15) is 8.42 Å². The third-order valence-electron chi connectivity index (χ3n) is 2.42. The van der Waals surface area contributed by atoms with E-state index in [2.05, 4.69) is 25.7 Å². The molecule has 0 amide bonds. The molecule has 1 heterocycles. The predicted molar refractivity (Wildman–Crippen MR) is 100.0 cm³/mol. The Morgan fingerprint density at radius 3 is 2.52 bits per heavy atom. The van der Waals surface area contributed by atoms with Gasteiger partial charge in [0.2, 0.25) is 10.0 Å². The van der Waals surface area contributed by atoms with Crippen LogP contribution in [0.2, 0.25) is 0 Å². The summed E-state index contributed by atoms with van der Waals surface area (Å²) in [6.45, 7) is 4.74. The molecule has 0 aliphatic rings. The van der Waals surface area contributed by atoms with Crippen molar-refractivity contribution in [2.45, 2.75) is 25.9 Å². The van der Waals surface area contributed by atoms with E-state index in [0.717, 1.165) is 6.26 Å². The van der Waals surface area contributed by atoms with E-state index in [1.807, 2.05) is 25.3 Å². The number of hydrogen-bond acceptors (Lipinski definition) is 4. The first kappa shape index (κ1) is 20.6. The van der Waals surface area contributed by atoms with Crippen LogP contribution in [-0.2, 0) is 16.6 Å². The Bertz CT molecular complexity index is 542. The van der Waals surface area contributed by atoms with Gasteiger partial charge in [0.05, 0.1) is 6.26 Å². The fraction of sp³-hybridized carbons (Fsp3) is 0.583. The van der Waals surface area contributed by atoms with Gasteiger partial charge in [0.1, 0.15) is 0 Å². The molecule has 1 aromatic heterocycles. The van der Waals surface area contributed by atoms with Gasteiger partial charge in [0.15, 0.2) is 5.96 Å². The van der Waals surface area contributed by atoms with Crippen molar-refractivity contribution >= 4 is 51.3 Å². The quantitative estimate of drug-likeness (QED) is 0.350. The van der Waals surface area contributed by atoms with Crippen LogP contribution >= 0.6 is 35.3 Å². The van der Waals surface area contributed by atoms with Crippen LogP contribution in [-0.4, -0.2) is 39.8 Å². The molecule has 0 radical (unpaired) electrons. The Hall–Kier alpha value is -0.390. The first-order valence-corrected chi connectivity index (χ1v) is 9.00. The summed E-state index contributed by atoms with van der Waals surface area (Å²) in [7, 11) is -1.55. The maximum absolute atomic E-state index is 11.3. The van der Waals surface area contributed by atoms with Gasteiger partial charge in [-0.05, 0) is 36.2 Å². The van der Waals surface area contributed by atoms with Gasteiger partial charge in [0, 0.05) is 25.7 Å². The van der Waals surface area contributed by atoms with Crippen molar-refractivity contribution in [1.29, 1.82) is 0 Å². The lowest BCUT2D eigenvalue weighted by atomic mass is 10.1. The fourth-order valence-electron chi connectivity index (χ4n) is 1.64. The Balaban J connectivity index is 0.00000400. The number of nitrogens with zero attached hydrogens (tertiary/aromatic N) is 1. The van der Waals surface area contributed by atoms with Crippen molar-refractivity contribution in [3.63, 3.8) is 0 Å². The third-order valence-corrected chi connectivity index (χ3v) is 4.08. The highest BCUT2D eigenvalue weighted by atomic mass is 127. The van der Waals surface area contributed by atoms with E-state index in [1.54, 1.807) is 18.4 Å². The number of guanidine groups is 1. The second-order valence-electron chi connectivity index (χ2n) is 5.17. The normalized spacial score (nSPS) is 12.7. The van der Waals surface area contributed by atoms with Crippen molar-refractivity contribution in [2.75, 3.05) is 19.8 Å². The van der Waals surface area contributed by atoms with Crippen molar-refractivity contribution in [3.05, 3.63) is 22.4 Å². The minimum Gasteiger partial charge on any atom is -0.355 e. The standard InChI is InChI=1S/C12H22N4O2S2.HI/c1-12(2,16-20(4,17)18)9-15-11(13-3)14-7-10-5-6-19-8-10;/h5-6,8,16H,7,9H2,1-4H3,(H2,13,14,15);1H. The van der Waals surface area contributed by atoms with E-state index in [0.29, 0.717) is 19.0 Å². The van der Waals surface area contributed by atoms with Crippen LogP contribution in [0.25, 0.3) is 0 Å². The van der Waals surface area contributed by atoms with Crippen LogP contribution in [0.1, 0.15) is 19.4 Å². The molecule has 0 saturated carbocycles. The van der Waals surface area contributed by atoms with Gasteiger partial charge in [-0.3, -0.25) is 4.99 Å². The molecule has 3 N–H and O–H groups in total. The molecule has 21 heavy (non-hydrogen) atoms. The van der Waals surface area contributed by atoms with Crippen LogP contribution in [0.3, 0.4) is 0 Å². The van der Waals surface area contributed by atoms with E-state index >= 15 is 0 Å². The highest BCUT2D eigenvalue weighted by molar-refractivity contribution is 14.0. The molecule has 1 rings (SSSR count). The first-order chi connectivity index (χ1) is 9.22. The average Bonchev–Trinajstić information content (AvgIpc) is 2.79. The van der Waals surface area contributed by atoms with Crippen molar-refractivity contribution in [1.82, 2.24) is 15.4 Å². The zero-order valence-corrected chi connectivity index (χ0v) is 16.6. The lowest BCUT2D eigenvalue weighted by molar-refractivity contribution is 0.446. The SMILES string of the molecule is CN=C(NCc1ccsc1)NCC(C)(C)NS(C)(=O)=O.I. The van der Waals surface area contributed by atoms with Gasteiger partial charge in [-0.1, -0.05) is 0 Å². The number of thiophene rings is 1. The Morgan fingerprint density at radius 1 is 1.38 bits per heavy atom. The summed E-state index contributed by atoms with van der Waals surface area (Å²) in [4.78, 5) is 4.11. The summed E-state index contributed by atoms with van der Waals surface area (Å²) < 4.78 is 25.1. The molecule has 0 fully saturated rings. The highest BCUT2D eigenvalue weighted by Gasteiger charge is 2.22. The van der Waals surface area contributed by atoms with Gasteiger partial charge in [-0.15, -0.1) is 24.0 Å². The molecule has 0 spiro atoms. The molecule has 1 aromatic rings. The van der Waals surface area contributed by atoms with Gasteiger partial charge in [0.25, 0.3) is 0 Å². The predicted octanol–water partition coefficient (Wildman–Crippen LogP) is 1.36. The lowest BCUT2D eigenvalue weighted by Crippen LogP contribution is -2.52. The molecule has 0 saturated heterocycles. The number of rotatable bonds is 6. The summed E-state index contributed by atoms with van der Waals surface area (Å²) in [5.74, 6) is 0.638. The second kappa shape index (κ2) is 8.91. The largest absolute Gasteiger partial charge is 0.355 e. The molecular weight excluding hydrogens is 423 g/mol. The monoisotopic (exact) mass is 446 g/mol. The maximum atomic E-state index is 11.3. The number of halogens is 1. The minimum absolute atomic E-state index is 0. The number of hydrogen-bond donors (Lipinski definition) is 3. The van der Waals surface area contributed by atoms with Crippen molar-refractivity contribution in [3.8, 4) is 0 Å². The summed E-state index contributed by atoms with van der Waals surface area (Å²) in [5.41, 5.74) is 0.597. The van der Waals surface area contributed by atoms with Crippen LogP contribution < -0.4 is 15.4 Å².